The first kappa shape index (κ1) is 8.89. The SMILES string of the molecule is OC[C@]1(O)OC[C@H](O)C[C@@H]1O. The predicted molar refractivity (Wildman–Crippen MR) is 34.6 cm³/mol. The molecule has 1 rings (SSSR count). The van der Waals surface area contributed by atoms with Gasteiger partial charge < -0.3 is 25.2 Å². The molecule has 1 heterocycles. The van der Waals surface area contributed by atoms with Crippen LogP contribution >= 0.6 is 0 Å². The van der Waals surface area contributed by atoms with Crippen molar-refractivity contribution in [2.24, 2.45) is 0 Å². The third-order valence-electron chi connectivity index (χ3n) is 1.77. The molecule has 1 fully saturated rings. The van der Waals surface area contributed by atoms with E-state index in [0.29, 0.717) is 0 Å². The summed E-state index contributed by atoms with van der Waals surface area (Å²) in [6.45, 7) is -0.727. The molecule has 0 unspecified atom stereocenters. The summed E-state index contributed by atoms with van der Waals surface area (Å²) in [4.78, 5) is 0. The van der Waals surface area contributed by atoms with Crippen LogP contribution in [0.3, 0.4) is 0 Å². The van der Waals surface area contributed by atoms with Crippen LogP contribution in [0.5, 0.6) is 0 Å². The van der Waals surface area contributed by atoms with Crippen LogP contribution in [-0.2, 0) is 4.74 Å². The fourth-order valence-corrected chi connectivity index (χ4v) is 0.998. The highest BCUT2D eigenvalue weighted by Crippen LogP contribution is 2.22. The molecule has 4 N–H and O–H groups in total. The summed E-state index contributed by atoms with van der Waals surface area (Å²) in [5, 5.41) is 35.9. The Bertz CT molecular complexity index is 139. The summed E-state index contributed by atoms with van der Waals surface area (Å²) in [5.41, 5.74) is 0. The lowest BCUT2D eigenvalue weighted by atomic mass is 10.0. The molecule has 66 valence electrons. The average molecular weight is 164 g/mol. The van der Waals surface area contributed by atoms with Gasteiger partial charge >= 0.3 is 0 Å². The molecule has 0 aliphatic carbocycles. The normalized spacial score (nSPS) is 45.8. The van der Waals surface area contributed by atoms with E-state index in [1.54, 1.807) is 0 Å². The fraction of sp³-hybridized carbons (Fsp3) is 1.00. The molecule has 0 saturated carbocycles. The van der Waals surface area contributed by atoms with Crippen LogP contribution in [0.25, 0.3) is 0 Å². The molecule has 1 aliphatic rings. The maximum Gasteiger partial charge on any atom is 0.216 e. The predicted octanol–water partition coefficient (Wildman–Crippen LogP) is -2.19. The zero-order valence-corrected chi connectivity index (χ0v) is 5.97. The molecular formula is C6H12O5. The van der Waals surface area contributed by atoms with Crippen LogP contribution in [0, 0.1) is 0 Å². The lowest BCUT2D eigenvalue weighted by Gasteiger charge is -2.37. The molecule has 3 atom stereocenters. The van der Waals surface area contributed by atoms with Crippen LogP contribution in [0.4, 0.5) is 0 Å². The molecule has 0 amide bonds. The van der Waals surface area contributed by atoms with Crippen LogP contribution in [0.15, 0.2) is 0 Å². The second kappa shape index (κ2) is 3.04. The zero-order chi connectivity index (χ0) is 8.48. The Kier molecular flexibility index (Phi) is 2.46. The van der Waals surface area contributed by atoms with E-state index in [2.05, 4.69) is 4.74 Å². The number of aliphatic hydroxyl groups is 4. The number of hydrogen-bond acceptors (Lipinski definition) is 5. The molecule has 0 spiro atoms. The molecule has 0 aromatic heterocycles. The number of rotatable bonds is 1. The van der Waals surface area contributed by atoms with Gasteiger partial charge in [0.15, 0.2) is 0 Å². The van der Waals surface area contributed by atoms with Crippen molar-refractivity contribution in [3.63, 3.8) is 0 Å². The summed E-state index contributed by atoms with van der Waals surface area (Å²) < 4.78 is 4.64. The van der Waals surface area contributed by atoms with Gasteiger partial charge in [0.25, 0.3) is 0 Å². The first-order chi connectivity index (χ1) is 5.08. The van der Waals surface area contributed by atoms with Crippen molar-refractivity contribution < 1.29 is 25.2 Å². The van der Waals surface area contributed by atoms with E-state index in [0.717, 1.165) is 0 Å². The zero-order valence-electron chi connectivity index (χ0n) is 5.97. The summed E-state index contributed by atoms with van der Waals surface area (Å²) in [7, 11) is 0. The Morgan fingerprint density at radius 2 is 2.09 bits per heavy atom. The third-order valence-corrected chi connectivity index (χ3v) is 1.77. The minimum absolute atomic E-state index is 0.0249. The van der Waals surface area contributed by atoms with Gasteiger partial charge in [-0.3, -0.25) is 0 Å². The van der Waals surface area contributed by atoms with Crippen LogP contribution < -0.4 is 0 Å². The van der Waals surface area contributed by atoms with E-state index in [-0.39, 0.29) is 13.0 Å². The minimum Gasteiger partial charge on any atom is -0.391 e. The molecule has 0 bridgehead atoms. The standard InChI is InChI=1S/C6H12O5/c7-3-6(10)5(9)1-4(8)2-11-6/h4-5,7-10H,1-3H2/t4-,5+,6+/m1/s1. The summed E-state index contributed by atoms with van der Waals surface area (Å²) in [6, 6.07) is 0. The van der Waals surface area contributed by atoms with E-state index in [9.17, 15) is 5.11 Å². The Hall–Kier alpha value is -0.200. The van der Waals surface area contributed by atoms with Crippen molar-refractivity contribution in [3.05, 3.63) is 0 Å². The molecule has 0 radical (unpaired) electrons. The number of aliphatic hydroxyl groups excluding tert-OH is 3. The van der Waals surface area contributed by atoms with Crippen molar-refractivity contribution in [2.45, 2.75) is 24.4 Å². The quantitative estimate of drug-likeness (QED) is 0.353. The van der Waals surface area contributed by atoms with E-state index >= 15 is 0 Å². The minimum atomic E-state index is -1.89. The van der Waals surface area contributed by atoms with Crippen LogP contribution in [0.2, 0.25) is 0 Å². The van der Waals surface area contributed by atoms with Crippen molar-refractivity contribution >= 4 is 0 Å². The Balaban J connectivity index is 2.56. The fourth-order valence-electron chi connectivity index (χ4n) is 0.998. The monoisotopic (exact) mass is 164 g/mol. The van der Waals surface area contributed by atoms with Crippen molar-refractivity contribution in [1.29, 1.82) is 0 Å². The molecule has 11 heavy (non-hydrogen) atoms. The highest BCUT2D eigenvalue weighted by molar-refractivity contribution is 4.83. The highest BCUT2D eigenvalue weighted by Gasteiger charge is 2.41. The molecule has 5 nitrogen and oxygen atoms in total. The average Bonchev–Trinajstić information content (AvgIpc) is 1.98. The summed E-state index contributed by atoms with van der Waals surface area (Å²) in [5.74, 6) is -1.89. The molecule has 1 saturated heterocycles. The van der Waals surface area contributed by atoms with Gasteiger partial charge in [0.2, 0.25) is 5.79 Å². The van der Waals surface area contributed by atoms with Gasteiger partial charge in [0.05, 0.1) is 19.3 Å². The van der Waals surface area contributed by atoms with Crippen LogP contribution in [0.1, 0.15) is 6.42 Å². The Morgan fingerprint density at radius 3 is 2.55 bits per heavy atom. The van der Waals surface area contributed by atoms with Crippen molar-refractivity contribution in [2.75, 3.05) is 13.2 Å². The van der Waals surface area contributed by atoms with E-state index in [4.69, 9.17) is 15.3 Å². The topological polar surface area (TPSA) is 90.2 Å². The molecular weight excluding hydrogens is 152 g/mol. The van der Waals surface area contributed by atoms with Gasteiger partial charge in [-0.15, -0.1) is 0 Å². The van der Waals surface area contributed by atoms with Crippen molar-refractivity contribution in [1.82, 2.24) is 0 Å². The van der Waals surface area contributed by atoms with Gasteiger partial charge in [0.1, 0.15) is 6.10 Å². The maximum absolute atomic E-state index is 9.23. The second-order valence-electron chi connectivity index (χ2n) is 2.72. The van der Waals surface area contributed by atoms with Gasteiger partial charge in [-0.2, -0.15) is 0 Å². The maximum atomic E-state index is 9.23. The van der Waals surface area contributed by atoms with Crippen LogP contribution in [-0.4, -0.2) is 51.6 Å². The summed E-state index contributed by atoms with van der Waals surface area (Å²) in [6.07, 6.45) is -1.97. The lowest BCUT2D eigenvalue weighted by Crippen LogP contribution is -2.54. The molecule has 0 aromatic rings. The van der Waals surface area contributed by atoms with E-state index in [1.165, 1.54) is 0 Å². The first-order valence-electron chi connectivity index (χ1n) is 3.42. The van der Waals surface area contributed by atoms with Gasteiger partial charge in [0, 0.05) is 6.42 Å². The van der Waals surface area contributed by atoms with E-state index in [1.807, 2.05) is 0 Å². The second-order valence-corrected chi connectivity index (χ2v) is 2.72. The number of hydrogen-bond donors (Lipinski definition) is 4. The first-order valence-corrected chi connectivity index (χ1v) is 3.42. The smallest absolute Gasteiger partial charge is 0.216 e. The Labute approximate surface area is 63.8 Å². The molecule has 1 aliphatic heterocycles. The molecule has 5 heteroatoms. The van der Waals surface area contributed by atoms with E-state index < -0.39 is 24.6 Å². The van der Waals surface area contributed by atoms with Gasteiger partial charge in [-0.25, -0.2) is 0 Å². The largest absolute Gasteiger partial charge is 0.391 e. The summed E-state index contributed by atoms with van der Waals surface area (Å²) >= 11 is 0. The lowest BCUT2D eigenvalue weighted by molar-refractivity contribution is -0.305. The van der Waals surface area contributed by atoms with Crippen molar-refractivity contribution in [3.8, 4) is 0 Å². The highest BCUT2D eigenvalue weighted by atomic mass is 16.7. The number of ether oxygens (including phenoxy) is 1. The Morgan fingerprint density at radius 1 is 1.45 bits per heavy atom. The third kappa shape index (κ3) is 1.69. The van der Waals surface area contributed by atoms with Gasteiger partial charge in [-0.05, 0) is 0 Å². The molecule has 0 aromatic carbocycles. The van der Waals surface area contributed by atoms with Gasteiger partial charge in [-0.1, -0.05) is 0 Å².